The number of benzene rings is 1. The Morgan fingerprint density at radius 1 is 1.39 bits per heavy atom. The van der Waals surface area contributed by atoms with Crippen LogP contribution in [0.1, 0.15) is 49.8 Å². The minimum absolute atomic E-state index is 0.307. The van der Waals surface area contributed by atoms with Gasteiger partial charge < -0.3 is 10.4 Å². The van der Waals surface area contributed by atoms with E-state index in [-0.39, 0.29) is 0 Å². The third kappa shape index (κ3) is 3.33. The fourth-order valence-electron chi connectivity index (χ4n) is 2.91. The lowest BCUT2D eigenvalue weighted by Gasteiger charge is -2.28. The number of rotatable bonds is 6. The smallest absolute Gasteiger partial charge is 0.0434 e. The fourth-order valence-corrected chi connectivity index (χ4v) is 2.91. The molecule has 1 aliphatic carbocycles. The van der Waals surface area contributed by atoms with Gasteiger partial charge in [-0.3, -0.25) is 0 Å². The highest BCUT2D eigenvalue weighted by atomic mass is 16.3. The van der Waals surface area contributed by atoms with Crippen molar-refractivity contribution in [2.75, 3.05) is 13.2 Å². The predicted molar refractivity (Wildman–Crippen MR) is 75.6 cm³/mol. The van der Waals surface area contributed by atoms with E-state index < -0.39 is 0 Å². The first-order valence-corrected chi connectivity index (χ1v) is 7.27. The highest BCUT2D eigenvalue weighted by Crippen LogP contribution is 2.29. The van der Waals surface area contributed by atoms with E-state index in [1.54, 1.807) is 0 Å². The van der Waals surface area contributed by atoms with Crippen LogP contribution in [-0.2, 0) is 6.42 Å². The summed E-state index contributed by atoms with van der Waals surface area (Å²) in [7, 11) is 0. The van der Waals surface area contributed by atoms with Gasteiger partial charge in [-0.2, -0.15) is 0 Å². The number of aliphatic hydroxyl groups is 1. The van der Waals surface area contributed by atoms with E-state index in [4.69, 9.17) is 5.11 Å². The van der Waals surface area contributed by atoms with Gasteiger partial charge >= 0.3 is 0 Å². The minimum Gasteiger partial charge on any atom is -0.396 e. The Labute approximate surface area is 110 Å². The van der Waals surface area contributed by atoms with E-state index in [2.05, 4.69) is 36.5 Å². The molecule has 2 unspecified atom stereocenters. The second-order valence-electron chi connectivity index (χ2n) is 5.34. The Morgan fingerprint density at radius 2 is 2.22 bits per heavy atom. The summed E-state index contributed by atoms with van der Waals surface area (Å²) < 4.78 is 0. The van der Waals surface area contributed by atoms with Gasteiger partial charge in [0, 0.05) is 12.6 Å². The molecule has 0 spiro atoms. The van der Waals surface area contributed by atoms with E-state index >= 15 is 0 Å². The average Bonchev–Trinajstić information content (AvgIpc) is 2.43. The van der Waals surface area contributed by atoms with Crippen molar-refractivity contribution in [2.45, 2.75) is 45.1 Å². The van der Waals surface area contributed by atoms with Gasteiger partial charge in [0.15, 0.2) is 0 Å². The number of aliphatic hydroxyl groups excluding tert-OH is 1. The molecule has 100 valence electrons. The van der Waals surface area contributed by atoms with E-state index in [1.807, 2.05) is 0 Å². The summed E-state index contributed by atoms with van der Waals surface area (Å²) >= 11 is 0. The van der Waals surface area contributed by atoms with E-state index in [0.717, 1.165) is 19.4 Å². The van der Waals surface area contributed by atoms with Crippen molar-refractivity contribution in [1.82, 2.24) is 5.32 Å². The Kier molecular flexibility index (Phi) is 5.21. The van der Waals surface area contributed by atoms with Crippen LogP contribution in [0.15, 0.2) is 24.3 Å². The molecule has 0 saturated heterocycles. The molecule has 2 atom stereocenters. The van der Waals surface area contributed by atoms with E-state index in [9.17, 15) is 0 Å². The number of nitrogens with one attached hydrogen (secondary N) is 1. The summed E-state index contributed by atoms with van der Waals surface area (Å²) in [5, 5.41) is 12.7. The zero-order valence-corrected chi connectivity index (χ0v) is 11.4. The Morgan fingerprint density at radius 3 is 3.00 bits per heavy atom. The molecular weight excluding hydrogens is 222 g/mol. The molecule has 0 bridgehead atoms. The third-order valence-corrected chi connectivity index (χ3v) is 4.14. The maximum atomic E-state index is 9.03. The lowest BCUT2D eigenvalue weighted by molar-refractivity contribution is 0.247. The van der Waals surface area contributed by atoms with E-state index in [0.29, 0.717) is 18.6 Å². The molecule has 0 saturated carbocycles. The predicted octanol–water partition coefficient (Wildman–Crippen LogP) is 3.06. The number of fused-ring (bicyclic) bond motifs is 1. The molecule has 2 heteroatoms. The minimum atomic E-state index is 0.307. The molecule has 0 aromatic heterocycles. The molecule has 0 heterocycles. The van der Waals surface area contributed by atoms with Gasteiger partial charge in [0.2, 0.25) is 0 Å². The first-order valence-electron chi connectivity index (χ1n) is 7.27. The lowest BCUT2D eigenvalue weighted by atomic mass is 9.87. The van der Waals surface area contributed by atoms with Crippen molar-refractivity contribution in [3.8, 4) is 0 Å². The maximum absolute atomic E-state index is 9.03. The van der Waals surface area contributed by atoms with Crippen LogP contribution in [0.5, 0.6) is 0 Å². The van der Waals surface area contributed by atoms with Gasteiger partial charge in [-0.15, -0.1) is 0 Å². The van der Waals surface area contributed by atoms with Gasteiger partial charge in [0.25, 0.3) is 0 Å². The molecular formula is C16H25NO. The molecule has 2 nitrogen and oxygen atoms in total. The molecule has 0 aliphatic heterocycles. The molecule has 0 fully saturated rings. The summed E-state index contributed by atoms with van der Waals surface area (Å²) in [5.74, 6) is 0.601. The van der Waals surface area contributed by atoms with Crippen molar-refractivity contribution < 1.29 is 5.11 Å². The SMILES string of the molecule is CCC(CCO)CNC1CCCc2ccccc21. The van der Waals surface area contributed by atoms with Crippen LogP contribution >= 0.6 is 0 Å². The van der Waals surface area contributed by atoms with Crippen LogP contribution < -0.4 is 5.32 Å². The first-order chi connectivity index (χ1) is 8.85. The summed E-state index contributed by atoms with van der Waals surface area (Å²) in [5.41, 5.74) is 3.00. The van der Waals surface area contributed by atoms with Gasteiger partial charge in [0.05, 0.1) is 0 Å². The van der Waals surface area contributed by atoms with Crippen LogP contribution in [0.2, 0.25) is 0 Å². The van der Waals surface area contributed by atoms with Crippen molar-refractivity contribution in [1.29, 1.82) is 0 Å². The third-order valence-electron chi connectivity index (χ3n) is 4.14. The van der Waals surface area contributed by atoms with Crippen LogP contribution in [0.25, 0.3) is 0 Å². The van der Waals surface area contributed by atoms with Crippen LogP contribution in [-0.4, -0.2) is 18.3 Å². The second kappa shape index (κ2) is 6.91. The van der Waals surface area contributed by atoms with Gasteiger partial charge in [-0.05, 0) is 49.3 Å². The van der Waals surface area contributed by atoms with Gasteiger partial charge in [-0.1, -0.05) is 37.6 Å². The number of hydrogen-bond donors (Lipinski definition) is 2. The van der Waals surface area contributed by atoms with Crippen LogP contribution in [0.3, 0.4) is 0 Å². The lowest BCUT2D eigenvalue weighted by Crippen LogP contribution is -2.30. The summed E-state index contributed by atoms with van der Waals surface area (Å²) in [6.45, 7) is 3.54. The molecule has 2 N–H and O–H groups in total. The van der Waals surface area contributed by atoms with Gasteiger partial charge in [0.1, 0.15) is 0 Å². The van der Waals surface area contributed by atoms with Gasteiger partial charge in [-0.25, -0.2) is 0 Å². The topological polar surface area (TPSA) is 32.3 Å². The second-order valence-corrected chi connectivity index (χ2v) is 5.34. The van der Waals surface area contributed by atoms with Crippen LogP contribution in [0.4, 0.5) is 0 Å². The van der Waals surface area contributed by atoms with Crippen molar-refractivity contribution in [3.05, 3.63) is 35.4 Å². The molecule has 1 aromatic rings. The Hall–Kier alpha value is -0.860. The van der Waals surface area contributed by atoms with Crippen LogP contribution in [0, 0.1) is 5.92 Å². The number of aryl methyl sites for hydroxylation is 1. The summed E-state index contributed by atoms with van der Waals surface area (Å²) in [4.78, 5) is 0. The molecule has 0 amide bonds. The quantitative estimate of drug-likeness (QED) is 0.809. The molecule has 0 radical (unpaired) electrons. The molecule has 18 heavy (non-hydrogen) atoms. The van der Waals surface area contributed by atoms with Crippen molar-refractivity contribution in [3.63, 3.8) is 0 Å². The van der Waals surface area contributed by atoms with E-state index in [1.165, 1.54) is 30.4 Å². The molecule has 1 aromatic carbocycles. The zero-order valence-electron chi connectivity index (χ0n) is 11.4. The fraction of sp³-hybridized carbons (Fsp3) is 0.625. The highest BCUT2D eigenvalue weighted by Gasteiger charge is 2.19. The standard InChI is InChI=1S/C16H25NO/c1-2-13(10-11-18)12-17-16-9-5-7-14-6-3-4-8-15(14)16/h3-4,6,8,13,16-18H,2,5,7,9-12H2,1H3. The average molecular weight is 247 g/mol. The largest absolute Gasteiger partial charge is 0.396 e. The summed E-state index contributed by atoms with van der Waals surface area (Å²) in [6.07, 6.45) is 5.81. The Balaban J connectivity index is 1.94. The first kappa shape index (κ1) is 13.6. The molecule has 2 rings (SSSR count). The zero-order chi connectivity index (χ0) is 12.8. The normalized spacial score (nSPS) is 20.4. The van der Waals surface area contributed by atoms with Crippen molar-refractivity contribution >= 4 is 0 Å². The summed E-state index contributed by atoms with van der Waals surface area (Å²) in [6, 6.07) is 9.32. The molecule has 1 aliphatic rings. The Bertz CT molecular complexity index is 364. The van der Waals surface area contributed by atoms with Crippen molar-refractivity contribution in [2.24, 2.45) is 5.92 Å². The highest BCUT2D eigenvalue weighted by molar-refractivity contribution is 5.32. The number of hydrogen-bond acceptors (Lipinski definition) is 2. The maximum Gasteiger partial charge on any atom is 0.0434 e. The monoisotopic (exact) mass is 247 g/mol.